The van der Waals surface area contributed by atoms with Crippen molar-refractivity contribution in [3.8, 4) is 16.2 Å². The molecule has 1 aliphatic rings. The maximum atomic E-state index is 13.7. The number of thiophene rings is 1. The summed E-state index contributed by atoms with van der Waals surface area (Å²) in [6, 6.07) is 10.2. The maximum absolute atomic E-state index is 13.7. The van der Waals surface area contributed by atoms with E-state index >= 15 is 0 Å². The summed E-state index contributed by atoms with van der Waals surface area (Å²) in [5, 5.41) is 9.61. The number of anilines is 1. The molecule has 1 amide bonds. The molecule has 0 saturated heterocycles. The van der Waals surface area contributed by atoms with Gasteiger partial charge >= 0.3 is 6.16 Å². The molecule has 0 aliphatic heterocycles. The van der Waals surface area contributed by atoms with Crippen molar-refractivity contribution in [2.24, 2.45) is 11.8 Å². The number of sulfonamides is 1. The van der Waals surface area contributed by atoms with Crippen molar-refractivity contribution in [1.82, 2.24) is 4.72 Å². The first-order chi connectivity index (χ1) is 15.6. The number of carbonyl (C=O) groups excluding carboxylic acids is 1. The Hall–Kier alpha value is -2.43. The molecule has 3 rings (SSSR count). The van der Waals surface area contributed by atoms with Crippen LogP contribution < -0.4 is 14.4 Å². The first kappa shape index (κ1) is 25.2. The molecule has 1 aliphatic carbocycles. The Morgan fingerprint density at radius 3 is 2.42 bits per heavy atom. The van der Waals surface area contributed by atoms with Crippen LogP contribution in [0.1, 0.15) is 39.5 Å². The number of carboxylic acid groups (broad SMARTS) is 1. The highest BCUT2D eigenvalue weighted by Crippen LogP contribution is 2.45. The van der Waals surface area contributed by atoms with E-state index in [1.165, 1.54) is 23.3 Å². The van der Waals surface area contributed by atoms with Crippen LogP contribution in [0, 0.1) is 11.8 Å². The molecule has 0 bridgehead atoms. The van der Waals surface area contributed by atoms with E-state index in [0.717, 1.165) is 23.3 Å². The van der Waals surface area contributed by atoms with Gasteiger partial charge in [0.15, 0.2) is 5.75 Å². The van der Waals surface area contributed by atoms with E-state index in [-0.39, 0.29) is 23.3 Å². The second-order valence-corrected chi connectivity index (χ2v) is 11.5. The van der Waals surface area contributed by atoms with Gasteiger partial charge in [0, 0.05) is 16.9 Å². The van der Waals surface area contributed by atoms with Crippen LogP contribution in [0.3, 0.4) is 0 Å². The highest BCUT2D eigenvalue weighted by molar-refractivity contribution is 7.89. The summed E-state index contributed by atoms with van der Waals surface area (Å²) in [5.41, 5.74) is 0.846. The van der Waals surface area contributed by atoms with Crippen LogP contribution in [-0.2, 0) is 14.8 Å². The van der Waals surface area contributed by atoms with E-state index in [1.54, 1.807) is 13.0 Å². The monoisotopic (exact) mass is 494 g/mol. The molecular formula is C23H30N2O6S2. The zero-order valence-electron chi connectivity index (χ0n) is 19.0. The molecular weight excluding hydrogens is 464 g/mol. The summed E-state index contributed by atoms with van der Waals surface area (Å²) in [6.45, 7) is 3.81. The smallest absolute Gasteiger partial charge is 0.449 e. The van der Waals surface area contributed by atoms with Crippen molar-refractivity contribution >= 4 is 38.4 Å². The Morgan fingerprint density at radius 1 is 1.21 bits per heavy atom. The van der Waals surface area contributed by atoms with E-state index in [1.807, 2.05) is 30.3 Å². The largest absolute Gasteiger partial charge is 0.511 e. The molecule has 1 aromatic carbocycles. The lowest BCUT2D eigenvalue weighted by atomic mass is 9.82. The Bertz CT molecular complexity index is 1080. The average Bonchev–Trinajstić information content (AvgIpc) is 3.17. The topological polar surface area (TPSA) is 113 Å². The highest BCUT2D eigenvalue weighted by Gasteiger charge is 2.36. The first-order valence-electron chi connectivity index (χ1n) is 11.0. The van der Waals surface area contributed by atoms with Gasteiger partial charge in [-0.2, -0.15) is 0 Å². The van der Waals surface area contributed by atoms with Gasteiger partial charge in [-0.3, -0.25) is 9.69 Å². The zero-order valence-corrected chi connectivity index (χ0v) is 20.6. The van der Waals surface area contributed by atoms with Gasteiger partial charge in [0.25, 0.3) is 0 Å². The van der Waals surface area contributed by atoms with Gasteiger partial charge in [0.05, 0.1) is 11.8 Å². The highest BCUT2D eigenvalue weighted by atomic mass is 32.2. The zero-order chi connectivity index (χ0) is 24.2. The molecule has 33 heavy (non-hydrogen) atoms. The van der Waals surface area contributed by atoms with Crippen LogP contribution in [0.5, 0.6) is 5.75 Å². The minimum Gasteiger partial charge on any atom is -0.449 e. The molecule has 2 aromatic rings. The average molecular weight is 495 g/mol. The van der Waals surface area contributed by atoms with Crippen molar-refractivity contribution in [3.63, 3.8) is 0 Å². The number of rotatable bonds is 8. The summed E-state index contributed by atoms with van der Waals surface area (Å²) in [4.78, 5) is 27.3. The molecule has 8 nitrogen and oxygen atoms in total. The minimum absolute atomic E-state index is 0.0255. The second-order valence-electron chi connectivity index (χ2n) is 8.51. The van der Waals surface area contributed by atoms with Crippen LogP contribution >= 0.6 is 11.3 Å². The summed E-state index contributed by atoms with van der Waals surface area (Å²) < 4.78 is 32.0. The molecule has 1 saturated carbocycles. The number of hydrogen-bond acceptors (Lipinski definition) is 6. The molecule has 1 fully saturated rings. The van der Waals surface area contributed by atoms with Crippen molar-refractivity contribution in [2.75, 3.05) is 17.7 Å². The Labute approximate surface area is 198 Å². The molecule has 10 heteroatoms. The molecule has 0 radical (unpaired) electrons. The van der Waals surface area contributed by atoms with Gasteiger partial charge in [0.2, 0.25) is 15.9 Å². The number of benzene rings is 1. The molecule has 1 heterocycles. The number of nitrogens with one attached hydrogen (secondary N) is 1. The fourth-order valence-corrected chi connectivity index (χ4v) is 6.29. The van der Waals surface area contributed by atoms with Crippen LogP contribution in [-0.4, -0.2) is 44.4 Å². The third-order valence-corrected chi connectivity index (χ3v) is 8.68. The maximum Gasteiger partial charge on any atom is 0.511 e. The van der Waals surface area contributed by atoms with Gasteiger partial charge in [-0.15, -0.1) is 11.3 Å². The Kier molecular flexibility index (Phi) is 8.14. The molecule has 2 N–H and O–H groups in total. The summed E-state index contributed by atoms with van der Waals surface area (Å²) in [5.74, 6) is -0.193. The standard InChI is InChI=1S/C23H30N2O6S2/c1-15-9-11-18(12-10-15)21(26)25(16(2)14-33(29,30)24-3)22-19(31-23(27)28)13-20(32-22)17-7-5-4-6-8-17/h4-8,13,15-16,18,24H,9-12,14H2,1-3H3,(H,27,28)/t15-,16?,18-. The third kappa shape index (κ3) is 6.33. The normalized spacial score (nSPS) is 19.6. The van der Waals surface area contributed by atoms with Gasteiger partial charge < -0.3 is 9.84 Å². The van der Waals surface area contributed by atoms with Crippen LogP contribution in [0.25, 0.3) is 10.4 Å². The van der Waals surface area contributed by atoms with E-state index in [2.05, 4.69) is 11.6 Å². The third-order valence-electron chi connectivity index (χ3n) is 5.97. The van der Waals surface area contributed by atoms with Crippen LogP contribution in [0.4, 0.5) is 9.80 Å². The Balaban J connectivity index is 2.07. The first-order valence-corrected chi connectivity index (χ1v) is 13.4. The predicted octanol–water partition coefficient (Wildman–Crippen LogP) is 4.57. The van der Waals surface area contributed by atoms with E-state index in [0.29, 0.717) is 23.8 Å². The fraction of sp³-hybridized carbons (Fsp3) is 0.478. The number of amides is 1. The number of ether oxygens (including phenoxy) is 1. The van der Waals surface area contributed by atoms with Crippen molar-refractivity contribution in [3.05, 3.63) is 36.4 Å². The van der Waals surface area contributed by atoms with Gasteiger partial charge in [0.1, 0.15) is 5.00 Å². The molecule has 1 unspecified atom stereocenters. The predicted molar refractivity (Wildman–Crippen MR) is 129 cm³/mol. The van der Waals surface area contributed by atoms with Crippen molar-refractivity contribution in [1.29, 1.82) is 0 Å². The Morgan fingerprint density at radius 2 is 1.85 bits per heavy atom. The van der Waals surface area contributed by atoms with E-state index < -0.39 is 22.2 Å². The summed E-state index contributed by atoms with van der Waals surface area (Å²) in [6.07, 6.45) is 1.78. The fourth-order valence-electron chi connectivity index (χ4n) is 4.14. The van der Waals surface area contributed by atoms with Gasteiger partial charge in [-0.1, -0.05) is 37.3 Å². The molecule has 0 spiro atoms. The van der Waals surface area contributed by atoms with Gasteiger partial charge in [-0.25, -0.2) is 17.9 Å². The number of carbonyl (C=O) groups is 2. The van der Waals surface area contributed by atoms with Crippen LogP contribution in [0.2, 0.25) is 0 Å². The number of hydrogen-bond donors (Lipinski definition) is 2. The van der Waals surface area contributed by atoms with Crippen molar-refractivity contribution < 1.29 is 27.9 Å². The summed E-state index contributed by atoms with van der Waals surface area (Å²) >= 11 is 1.22. The van der Waals surface area contributed by atoms with Crippen molar-refractivity contribution in [2.45, 2.75) is 45.6 Å². The SMILES string of the molecule is CNS(=O)(=O)CC(C)N(c1sc(-c2ccccc2)cc1OC(=O)O)C(=O)[C@H]1CC[C@H](C)CC1. The lowest BCUT2D eigenvalue weighted by Gasteiger charge is -2.34. The molecule has 180 valence electrons. The number of nitrogens with zero attached hydrogens (tertiary/aromatic N) is 1. The molecule has 1 aromatic heterocycles. The summed E-state index contributed by atoms with van der Waals surface area (Å²) in [7, 11) is -2.29. The lowest BCUT2D eigenvalue weighted by molar-refractivity contribution is -0.123. The lowest BCUT2D eigenvalue weighted by Crippen LogP contribution is -2.47. The van der Waals surface area contributed by atoms with E-state index in [9.17, 15) is 23.1 Å². The quantitative estimate of drug-likeness (QED) is 0.520. The minimum atomic E-state index is -3.62. The second kappa shape index (κ2) is 10.7. The van der Waals surface area contributed by atoms with Crippen LogP contribution in [0.15, 0.2) is 36.4 Å². The van der Waals surface area contributed by atoms with Gasteiger partial charge in [-0.05, 0) is 51.1 Å². The molecule has 1 atom stereocenters. The van der Waals surface area contributed by atoms with E-state index in [4.69, 9.17) is 4.74 Å².